The Kier molecular flexibility index (Phi) is 4.73. The van der Waals surface area contributed by atoms with Gasteiger partial charge in [-0.1, -0.05) is 54.6 Å². The summed E-state index contributed by atoms with van der Waals surface area (Å²) in [4.78, 5) is 13.2. The summed E-state index contributed by atoms with van der Waals surface area (Å²) >= 11 is 0. The molecule has 0 aliphatic heterocycles. The van der Waals surface area contributed by atoms with Crippen molar-refractivity contribution in [1.82, 2.24) is 0 Å². The van der Waals surface area contributed by atoms with E-state index in [-0.39, 0.29) is 11.5 Å². The highest BCUT2D eigenvalue weighted by Gasteiger charge is 2.24. The number of furan rings is 1. The van der Waals surface area contributed by atoms with Crippen LogP contribution in [0.4, 0.5) is 10.1 Å². The zero-order valence-electron chi connectivity index (χ0n) is 16.5. The van der Waals surface area contributed by atoms with Gasteiger partial charge >= 0.3 is 0 Å². The molecule has 0 aliphatic carbocycles. The minimum atomic E-state index is -0.577. The number of hydrogen-bond donors (Lipinski definition) is 2. The standard InChI is InChI=1S/C26H19FN2O2/c27-18-14-12-17(13-15-18)24(30)25-23(21-9-3-4-11-22(21)31-25)29-26(28)20-10-5-7-16-6-1-2-8-19(16)20/h1-15,26,29H,28H2. The number of rotatable bonds is 5. The highest BCUT2D eigenvalue weighted by molar-refractivity contribution is 6.15. The third-order valence-corrected chi connectivity index (χ3v) is 5.37. The van der Waals surface area contributed by atoms with Crippen LogP contribution in [0.1, 0.15) is 27.8 Å². The van der Waals surface area contributed by atoms with Crippen LogP contribution in [0.3, 0.4) is 0 Å². The summed E-state index contributed by atoms with van der Waals surface area (Å²) in [5.41, 5.74) is 8.89. The van der Waals surface area contributed by atoms with E-state index in [2.05, 4.69) is 5.32 Å². The van der Waals surface area contributed by atoms with Crippen LogP contribution in [0.5, 0.6) is 0 Å². The van der Waals surface area contributed by atoms with E-state index in [1.165, 1.54) is 24.3 Å². The molecule has 31 heavy (non-hydrogen) atoms. The number of fused-ring (bicyclic) bond motifs is 2. The summed E-state index contributed by atoms with van der Waals surface area (Å²) in [6.45, 7) is 0. The molecule has 0 fully saturated rings. The summed E-state index contributed by atoms with van der Waals surface area (Å²) < 4.78 is 19.2. The van der Waals surface area contributed by atoms with E-state index in [0.29, 0.717) is 16.8 Å². The Labute approximate surface area is 178 Å². The topological polar surface area (TPSA) is 68.3 Å². The monoisotopic (exact) mass is 410 g/mol. The van der Waals surface area contributed by atoms with E-state index >= 15 is 0 Å². The van der Waals surface area contributed by atoms with E-state index < -0.39 is 12.0 Å². The first-order chi connectivity index (χ1) is 15.1. The predicted molar refractivity (Wildman–Crippen MR) is 121 cm³/mol. The summed E-state index contributed by atoms with van der Waals surface area (Å²) in [6.07, 6.45) is -0.577. The van der Waals surface area contributed by atoms with Gasteiger partial charge < -0.3 is 15.5 Å². The average molecular weight is 410 g/mol. The maximum atomic E-state index is 13.3. The van der Waals surface area contributed by atoms with Crippen LogP contribution < -0.4 is 11.1 Å². The van der Waals surface area contributed by atoms with Crippen molar-refractivity contribution in [3.8, 4) is 0 Å². The SMILES string of the molecule is NC(Nc1c(C(=O)c2ccc(F)cc2)oc2ccccc12)c1cccc2ccccc12. The molecule has 0 saturated carbocycles. The number of para-hydroxylation sites is 1. The summed E-state index contributed by atoms with van der Waals surface area (Å²) in [5.74, 6) is -0.607. The second-order valence-electron chi connectivity index (χ2n) is 7.33. The van der Waals surface area contributed by atoms with Crippen molar-refractivity contribution in [2.45, 2.75) is 6.17 Å². The normalized spacial score (nSPS) is 12.2. The molecule has 0 amide bonds. The molecule has 0 bridgehead atoms. The maximum absolute atomic E-state index is 13.3. The molecule has 5 aromatic rings. The van der Waals surface area contributed by atoms with Crippen LogP contribution in [-0.2, 0) is 0 Å². The van der Waals surface area contributed by atoms with Gasteiger partial charge in [0.05, 0.1) is 5.69 Å². The number of anilines is 1. The van der Waals surface area contributed by atoms with Crippen LogP contribution >= 0.6 is 0 Å². The van der Waals surface area contributed by atoms with Crippen molar-refractivity contribution in [2.24, 2.45) is 5.73 Å². The summed E-state index contributed by atoms with van der Waals surface area (Å²) in [5, 5.41) is 6.16. The van der Waals surface area contributed by atoms with Crippen molar-refractivity contribution < 1.29 is 13.6 Å². The lowest BCUT2D eigenvalue weighted by atomic mass is 10.0. The molecule has 1 aromatic heterocycles. The molecule has 1 atom stereocenters. The first-order valence-electron chi connectivity index (χ1n) is 9.93. The van der Waals surface area contributed by atoms with Gasteiger partial charge in [0.2, 0.25) is 5.78 Å². The lowest BCUT2D eigenvalue weighted by molar-refractivity contribution is 0.101. The molecular formula is C26H19FN2O2. The Morgan fingerprint density at radius 3 is 2.32 bits per heavy atom. The van der Waals surface area contributed by atoms with Gasteiger partial charge in [-0.25, -0.2) is 4.39 Å². The number of halogens is 1. The molecule has 4 aromatic carbocycles. The second-order valence-corrected chi connectivity index (χ2v) is 7.33. The summed E-state index contributed by atoms with van der Waals surface area (Å²) in [6, 6.07) is 26.7. The molecule has 5 rings (SSSR count). The van der Waals surface area contributed by atoms with Crippen molar-refractivity contribution in [3.63, 3.8) is 0 Å². The Hall–Kier alpha value is -3.96. The minimum absolute atomic E-state index is 0.142. The molecule has 1 unspecified atom stereocenters. The van der Waals surface area contributed by atoms with Crippen molar-refractivity contribution >= 4 is 33.2 Å². The van der Waals surface area contributed by atoms with Gasteiger partial charge in [0, 0.05) is 10.9 Å². The van der Waals surface area contributed by atoms with Crippen LogP contribution in [-0.4, -0.2) is 5.78 Å². The molecule has 0 saturated heterocycles. The molecular weight excluding hydrogens is 391 g/mol. The Bertz CT molecular complexity index is 1400. The van der Waals surface area contributed by atoms with Gasteiger partial charge in [0.25, 0.3) is 0 Å². The average Bonchev–Trinajstić information content (AvgIpc) is 3.17. The number of carbonyl (C=O) groups is 1. The zero-order chi connectivity index (χ0) is 21.4. The Morgan fingerprint density at radius 2 is 1.52 bits per heavy atom. The highest BCUT2D eigenvalue weighted by atomic mass is 19.1. The quantitative estimate of drug-likeness (QED) is 0.274. The fourth-order valence-electron chi connectivity index (χ4n) is 3.84. The van der Waals surface area contributed by atoms with Crippen LogP contribution in [0, 0.1) is 5.82 Å². The van der Waals surface area contributed by atoms with Crippen molar-refractivity contribution in [2.75, 3.05) is 5.32 Å². The number of nitrogens with two attached hydrogens (primary N) is 1. The lowest BCUT2D eigenvalue weighted by Gasteiger charge is -2.18. The van der Waals surface area contributed by atoms with Crippen molar-refractivity contribution in [1.29, 1.82) is 0 Å². The first kappa shape index (κ1) is 19.0. The lowest BCUT2D eigenvalue weighted by Crippen LogP contribution is -2.21. The number of ketones is 1. The van der Waals surface area contributed by atoms with Gasteiger partial charge in [0.1, 0.15) is 17.6 Å². The fraction of sp³-hybridized carbons (Fsp3) is 0.0385. The molecule has 4 nitrogen and oxygen atoms in total. The number of hydrogen-bond acceptors (Lipinski definition) is 4. The maximum Gasteiger partial charge on any atom is 0.230 e. The third kappa shape index (κ3) is 3.45. The van der Waals surface area contributed by atoms with Gasteiger partial charge in [0.15, 0.2) is 5.76 Å². The van der Waals surface area contributed by atoms with Crippen LogP contribution in [0.2, 0.25) is 0 Å². The van der Waals surface area contributed by atoms with E-state index in [1.54, 1.807) is 6.07 Å². The zero-order valence-corrected chi connectivity index (χ0v) is 16.5. The number of benzene rings is 4. The smallest absolute Gasteiger partial charge is 0.230 e. The molecule has 152 valence electrons. The second kappa shape index (κ2) is 7.70. The molecule has 0 spiro atoms. The number of nitrogens with one attached hydrogen (secondary N) is 1. The third-order valence-electron chi connectivity index (χ3n) is 5.37. The van der Waals surface area contributed by atoms with E-state index in [9.17, 15) is 9.18 Å². The van der Waals surface area contributed by atoms with Gasteiger partial charge in [-0.05, 0) is 52.7 Å². The van der Waals surface area contributed by atoms with Crippen molar-refractivity contribution in [3.05, 3.63) is 114 Å². The number of carbonyl (C=O) groups excluding carboxylic acids is 1. The molecule has 0 aliphatic rings. The van der Waals surface area contributed by atoms with Crippen LogP contribution in [0.15, 0.2) is 95.4 Å². The van der Waals surface area contributed by atoms with E-state index in [4.69, 9.17) is 10.2 Å². The first-order valence-corrected chi connectivity index (χ1v) is 9.93. The minimum Gasteiger partial charge on any atom is -0.450 e. The van der Waals surface area contributed by atoms with Gasteiger partial charge in [-0.2, -0.15) is 0 Å². The van der Waals surface area contributed by atoms with Crippen LogP contribution in [0.25, 0.3) is 21.7 Å². The predicted octanol–water partition coefficient (Wildman–Crippen LogP) is 6.03. The van der Waals surface area contributed by atoms with E-state index in [0.717, 1.165) is 21.7 Å². The molecule has 5 heteroatoms. The molecule has 1 heterocycles. The molecule has 3 N–H and O–H groups in total. The summed E-state index contributed by atoms with van der Waals surface area (Å²) in [7, 11) is 0. The van der Waals surface area contributed by atoms with E-state index in [1.807, 2.05) is 60.7 Å². The Balaban J connectivity index is 1.59. The molecule has 0 radical (unpaired) electrons. The Morgan fingerprint density at radius 1 is 0.839 bits per heavy atom. The highest BCUT2D eigenvalue weighted by Crippen LogP contribution is 2.35. The van der Waals surface area contributed by atoms with Gasteiger partial charge in [-0.3, -0.25) is 4.79 Å². The van der Waals surface area contributed by atoms with Gasteiger partial charge in [-0.15, -0.1) is 0 Å². The largest absolute Gasteiger partial charge is 0.450 e. The fourth-order valence-corrected chi connectivity index (χ4v) is 3.84.